The molecule has 2 N–H and O–H groups in total. The van der Waals surface area contributed by atoms with Crippen LogP contribution in [0, 0.1) is 20.8 Å². The third-order valence-corrected chi connectivity index (χ3v) is 4.13. The van der Waals surface area contributed by atoms with Crippen LogP contribution in [0.1, 0.15) is 34.2 Å². The summed E-state index contributed by atoms with van der Waals surface area (Å²) in [4.78, 5) is 14.4. The molecule has 0 aliphatic carbocycles. The van der Waals surface area contributed by atoms with Gasteiger partial charge >= 0.3 is 0 Å². The lowest BCUT2D eigenvalue weighted by atomic mass is 10.4. The van der Waals surface area contributed by atoms with Crippen molar-refractivity contribution in [3.8, 4) is 0 Å². The fraction of sp³-hybridized carbons (Fsp3) is 0.571. The van der Waals surface area contributed by atoms with Crippen LogP contribution in [-0.2, 0) is 13.0 Å². The van der Waals surface area contributed by atoms with Gasteiger partial charge < -0.3 is 15.2 Å². The van der Waals surface area contributed by atoms with Gasteiger partial charge in [0.15, 0.2) is 11.8 Å². The molecule has 2 aromatic rings. The first-order valence-corrected chi connectivity index (χ1v) is 8.14. The van der Waals surface area contributed by atoms with E-state index in [9.17, 15) is 0 Å². The van der Waals surface area contributed by atoms with Gasteiger partial charge in [-0.1, -0.05) is 5.16 Å². The maximum atomic E-state index is 4.93. The quantitative estimate of drug-likeness (QED) is 0.622. The highest BCUT2D eigenvalue weighted by Gasteiger charge is 2.05. The number of nitrogens with zero attached hydrogens (tertiary/aromatic N) is 4. The second-order valence-corrected chi connectivity index (χ2v) is 6.14. The van der Waals surface area contributed by atoms with E-state index in [4.69, 9.17) is 4.52 Å². The SMILES string of the molecule is CCNC(=NCc1noc(C)n1)NCCc1nc(C)c(C)s1. The molecule has 0 aliphatic heterocycles. The number of nitrogens with one attached hydrogen (secondary N) is 2. The largest absolute Gasteiger partial charge is 0.357 e. The van der Waals surface area contributed by atoms with Gasteiger partial charge in [0.25, 0.3) is 0 Å². The molecule has 0 amide bonds. The highest BCUT2D eigenvalue weighted by atomic mass is 32.1. The first kappa shape index (κ1) is 16.4. The number of aliphatic imine (C=N–C) groups is 1. The number of hydrogen-bond acceptors (Lipinski definition) is 6. The average molecular weight is 322 g/mol. The monoisotopic (exact) mass is 322 g/mol. The smallest absolute Gasteiger partial charge is 0.223 e. The first-order chi connectivity index (χ1) is 10.6. The van der Waals surface area contributed by atoms with Gasteiger partial charge in [-0.3, -0.25) is 0 Å². The summed E-state index contributed by atoms with van der Waals surface area (Å²) in [5.41, 5.74) is 1.12. The Morgan fingerprint density at radius 1 is 1.23 bits per heavy atom. The van der Waals surface area contributed by atoms with E-state index < -0.39 is 0 Å². The van der Waals surface area contributed by atoms with E-state index in [1.165, 1.54) is 4.88 Å². The molecule has 8 heteroatoms. The zero-order valence-corrected chi connectivity index (χ0v) is 14.3. The second kappa shape index (κ2) is 7.88. The molecule has 0 saturated carbocycles. The third kappa shape index (κ3) is 4.80. The molecule has 120 valence electrons. The molecule has 7 nitrogen and oxygen atoms in total. The molecule has 2 rings (SSSR count). The highest BCUT2D eigenvalue weighted by Crippen LogP contribution is 2.16. The minimum absolute atomic E-state index is 0.391. The Bertz CT molecular complexity index is 614. The molecule has 0 aromatic carbocycles. The van der Waals surface area contributed by atoms with Gasteiger partial charge in [-0.05, 0) is 20.8 Å². The van der Waals surface area contributed by atoms with Gasteiger partial charge in [0.2, 0.25) is 5.89 Å². The molecular weight excluding hydrogens is 300 g/mol. The average Bonchev–Trinajstić information content (AvgIpc) is 3.03. The van der Waals surface area contributed by atoms with Crippen molar-refractivity contribution in [2.24, 2.45) is 4.99 Å². The zero-order chi connectivity index (χ0) is 15.9. The molecule has 22 heavy (non-hydrogen) atoms. The van der Waals surface area contributed by atoms with Crippen LogP contribution in [0.3, 0.4) is 0 Å². The summed E-state index contributed by atoms with van der Waals surface area (Å²) < 4.78 is 4.93. The lowest BCUT2D eigenvalue weighted by Crippen LogP contribution is -2.38. The normalized spacial score (nSPS) is 11.7. The summed E-state index contributed by atoms with van der Waals surface area (Å²) in [6, 6.07) is 0. The molecular formula is C14H22N6OS. The van der Waals surface area contributed by atoms with Crippen LogP contribution in [0.15, 0.2) is 9.52 Å². The Labute approximate surface area is 134 Å². The van der Waals surface area contributed by atoms with Crippen LogP contribution >= 0.6 is 11.3 Å². The van der Waals surface area contributed by atoms with Crippen molar-refractivity contribution in [3.05, 3.63) is 27.3 Å². The fourth-order valence-electron chi connectivity index (χ4n) is 1.83. The van der Waals surface area contributed by atoms with Crippen molar-refractivity contribution in [2.45, 2.75) is 40.7 Å². The Balaban J connectivity index is 1.85. The molecule has 0 unspecified atom stereocenters. The van der Waals surface area contributed by atoms with Crippen LogP contribution in [0.25, 0.3) is 0 Å². The Morgan fingerprint density at radius 3 is 2.64 bits per heavy atom. The number of hydrogen-bond donors (Lipinski definition) is 2. The summed E-state index contributed by atoms with van der Waals surface area (Å²) in [6.07, 6.45) is 0.880. The van der Waals surface area contributed by atoms with Gasteiger partial charge in [0.1, 0.15) is 6.54 Å². The third-order valence-electron chi connectivity index (χ3n) is 3.00. The summed E-state index contributed by atoms with van der Waals surface area (Å²) in [6.45, 7) is 9.91. The predicted molar refractivity (Wildman–Crippen MR) is 87.1 cm³/mol. The Hall–Kier alpha value is -1.96. The predicted octanol–water partition coefficient (Wildman–Crippen LogP) is 1.75. The van der Waals surface area contributed by atoms with E-state index in [0.29, 0.717) is 18.3 Å². The van der Waals surface area contributed by atoms with E-state index in [0.717, 1.165) is 36.2 Å². The summed E-state index contributed by atoms with van der Waals surface area (Å²) in [5, 5.41) is 11.5. The number of aromatic nitrogens is 3. The maximum absolute atomic E-state index is 4.93. The Morgan fingerprint density at radius 2 is 2.05 bits per heavy atom. The molecule has 2 heterocycles. The molecule has 0 saturated heterocycles. The van der Waals surface area contributed by atoms with E-state index in [2.05, 4.69) is 37.7 Å². The van der Waals surface area contributed by atoms with E-state index in [1.807, 2.05) is 13.8 Å². The minimum Gasteiger partial charge on any atom is -0.357 e. The molecule has 2 aromatic heterocycles. The van der Waals surface area contributed by atoms with Crippen molar-refractivity contribution in [3.63, 3.8) is 0 Å². The number of rotatable bonds is 6. The number of guanidine groups is 1. The zero-order valence-electron chi connectivity index (χ0n) is 13.4. The molecule has 0 bridgehead atoms. The highest BCUT2D eigenvalue weighted by molar-refractivity contribution is 7.11. The van der Waals surface area contributed by atoms with Gasteiger partial charge in [0.05, 0.1) is 10.7 Å². The fourth-order valence-corrected chi connectivity index (χ4v) is 2.76. The molecule has 0 fully saturated rings. The summed E-state index contributed by atoms with van der Waals surface area (Å²) in [5.74, 6) is 1.88. The molecule has 0 atom stereocenters. The van der Waals surface area contributed by atoms with Gasteiger partial charge in [-0.15, -0.1) is 11.3 Å². The van der Waals surface area contributed by atoms with Gasteiger partial charge in [-0.25, -0.2) is 9.98 Å². The van der Waals surface area contributed by atoms with Crippen molar-refractivity contribution >= 4 is 17.3 Å². The Kier molecular flexibility index (Phi) is 5.88. The number of thiazole rings is 1. The molecule has 0 spiro atoms. The van der Waals surface area contributed by atoms with Crippen LogP contribution in [-0.4, -0.2) is 34.2 Å². The first-order valence-electron chi connectivity index (χ1n) is 7.32. The van der Waals surface area contributed by atoms with Crippen molar-refractivity contribution in [1.82, 2.24) is 25.8 Å². The molecule has 0 radical (unpaired) electrons. The van der Waals surface area contributed by atoms with Gasteiger partial charge in [-0.2, -0.15) is 4.98 Å². The lowest BCUT2D eigenvalue weighted by Gasteiger charge is -2.09. The second-order valence-electron chi connectivity index (χ2n) is 4.85. The standard InChI is InChI=1S/C14H22N6OS/c1-5-15-14(17-8-12-19-11(4)21-20-12)16-7-6-13-18-9(2)10(3)22-13/h5-8H2,1-4H3,(H2,15,16,17). The van der Waals surface area contributed by atoms with Crippen LogP contribution in [0.4, 0.5) is 0 Å². The minimum atomic E-state index is 0.391. The summed E-state index contributed by atoms with van der Waals surface area (Å²) in [7, 11) is 0. The van der Waals surface area contributed by atoms with Crippen LogP contribution in [0.2, 0.25) is 0 Å². The van der Waals surface area contributed by atoms with Gasteiger partial charge in [0, 0.05) is 31.3 Å². The number of aryl methyl sites for hydroxylation is 3. The van der Waals surface area contributed by atoms with Crippen LogP contribution in [0.5, 0.6) is 0 Å². The van der Waals surface area contributed by atoms with E-state index in [1.54, 1.807) is 18.3 Å². The summed E-state index contributed by atoms with van der Waals surface area (Å²) >= 11 is 1.75. The maximum Gasteiger partial charge on any atom is 0.223 e. The van der Waals surface area contributed by atoms with Crippen LogP contribution < -0.4 is 10.6 Å². The van der Waals surface area contributed by atoms with E-state index >= 15 is 0 Å². The lowest BCUT2D eigenvalue weighted by molar-refractivity contribution is 0.387. The van der Waals surface area contributed by atoms with E-state index in [-0.39, 0.29) is 0 Å². The van der Waals surface area contributed by atoms with Crippen molar-refractivity contribution in [2.75, 3.05) is 13.1 Å². The van der Waals surface area contributed by atoms with Crippen molar-refractivity contribution < 1.29 is 4.52 Å². The topological polar surface area (TPSA) is 88.2 Å². The molecule has 0 aliphatic rings. The van der Waals surface area contributed by atoms with Crippen molar-refractivity contribution in [1.29, 1.82) is 0 Å².